The van der Waals surface area contributed by atoms with Gasteiger partial charge in [0.05, 0.1) is 18.7 Å². The Morgan fingerprint density at radius 3 is 2.87 bits per heavy atom. The second kappa shape index (κ2) is 9.98. The second-order valence-electron chi connectivity index (χ2n) is 5.51. The highest BCUT2D eigenvalue weighted by molar-refractivity contribution is 6.32. The molecule has 5 nitrogen and oxygen atoms in total. The molecule has 1 atom stereocenters. The number of anilines is 1. The summed E-state index contributed by atoms with van der Waals surface area (Å²) in [6, 6.07) is 5.71. The molecular formula is C16H25Cl2N3O2. The summed E-state index contributed by atoms with van der Waals surface area (Å²) in [5.41, 5.74) is 0.691. The lowest BCUT2D eigenvalue weighted by Gasteiger charge is -2.27. The molecule has 1 aliphatic rings. The number of carbonyl (C=O) groups is 1. The molecule has 1 aromatic carbocycles. The van der Waals surface area contributed by atoms with Crippen molar-refractivity contribution in [2.75, 3.05) is 38.6 Å². The fourth-order valence-electron chi connectivity index (χ4n) is 2.76. The quantitative estimate of drug-likeness (QED) is 0.783. The summed E-state index contributed by atoms with van der Waals surface area (Å²) in [6.45, 7) is 5.46. The van der Waals surface area contributed by atoms with Crippen LogP contribution in [0.1, 0.15) is 19.8 Å². The van der Waals surface area contributed by atoms with Crippen molar-refractivity contribution in [3.63, 3.8) is 0 Å². The van der Waals surface area contributed by atoms with E-state index in [0.29, 0.717) is 29.0 Å². The molecule has 23 heavy (non-hydrogen) atoms. The van der Waals surface area contributed by atoms with Crippen LogP contribution in [0.2, 0.25) is 5.02 Å². The number of ether oxygens (including phenoxy) is 1. The lowest BCUT2D eigenvalue weighted by molar-refractivity contribution is -0.117. The van der Waals surface area contributed by atoms with Crippen LogP contribution in [0, 0.1) is 0 Å². The van der Waals surface area contributed by atoms with E-state index in [-0.39, 0.29) is 18.3 Å². The van der Waals surface area contributed by atoms with E-state index in [9.17, 15) is 4.79 Å². The standard InChI is InChI=1S/C16H24ClN3O2.ClH/c1-3-8-20(13-6-7-18-10-13)11-16(21)19-12-4-5-15(22-2)14(17)9-12;/h4-5,9,13,18H,3,6-8,10-11H2,1-2H3,(H,19,21);1H. The normalized spacial score (nSPS) is 17.0. The van der Waals surface area contributed by atoms with Gasteiger partial charge >= 0.3 is 0 Å². The smallest absolute Gasteiger partial charge is 0.238 e. The number of rotatable bonds is 7. The predicted molar refractivity (Wildman–Crippen MR) is 97.0 cm³/mol. The lowest BCUT2D eigenvalue weighted by Crippen LogP contribution is -2.42. The van der Waals surface area contributed by atoms with Gasteiger partial charge < -0.3 is 15.4 Å². The van der Waals surface area contributed by atoms with E-state index < -0.39 is 0 Å². The van der Waals surface area contributed by atoms with E-state index in [2.05, 4.69) is 22.5 Å². The molecule has 1 aliphatic heterocycles. The maximum absolute atomic E-state index is 12.3. The Labute approximate surface area is 149 Å². The van der Waals surface area contributed by atoms with Gasteiger partial charge in [-0.05, 0) is 44.1 Å². The van der Waals surface area contributed by atoms with Gasteiger partial charge in [-0.1, -0.05) is 18.5 Å². The van der Waals surface area contributed by atoms with E-state index in [4.69, 9.17) is 16.3 Å². The average molecular weight is 362 g/mol. The van der Waals surface area contributed by atoms with Gasteiger partial charge in [-0.2, -0.15) is 0 Å². The van der Waals surface area contributed by atoms with Crippen molar-refractivity contribution in [3.05, 3.63) is 23.2 Å². The van der Waals surface area contributed by atoms with Crippen LogP contribution < -0.4 is 15.4 Å². The summed E-state index contributed by atoms with van der Waals surface area (Å²) in [7, 11) is 1.57. The molecule has 0 bridgehead atoms. The molecule has 1 fully saturated rings. The van der Waals surface area contributed by atoms with Crippen molar-refractivity contribution in [2.45, 2.75) is 25.8 Å². The van der Waals surface area contributed by atoms with Crippen LogP contribution in [-0.4, -0.2) is 50.1 Å². The topological polar surface area (TPSA) is 53.6 Å². The number of amides is 1. The third-order valence-electron chi connectivity index (χ3n) is 3.84. The first-order chi connectivity index (χ1) is 10.6. The highest BCUT2D eigenvalue weighted by atomic mass is 35.5. The lowest BCUT2D eigenvalue weighted by atomic mass is 10.2. The minimum Gasteiger partial charge on any atom is -0.495 e. The van der Waals surface area contributed by atoms with Crippen molar-refractivity contribution in [1.82, 2.24) is 10.2 Å². The van der Waals surface area contributed by atoms with Gasteiger partial charge in [0.15, 0.2) is 0 Å². The van der Waals surface area contributed by atoms with Crippen LogP contribution in [0.3, 0.4) is 0 Å². The first-order valence-corrected chi connectivity index (χ1v) is 8.10. The number of nitrogens with zero attached hydrogens (tertiary/aromatic N) is 1. The molecule has 2 N–H and O–H groups in total. The maximum Gasteiger partial charge on any atom is 0.238 e. The van der Waals surface area contributed by atoms with Crippen LogP contribution >= 0.6 is 24.0 Å². The number of methoxy groups -OCH3 is 1. The summed E-state index contributed by atoms with van der Waals surface area (Å²) in [4.78, 5) is 14.5. The number of carbonyl (C=O) groups excluding carboxylic acids is 1. The summed E-state index contributed by atoms with van der Waals surface area (Å²) in [5.74, 6) is 0.589. The van der Waals surface area contributed by atoms with Crippen molar-refractivity contribution in [1.29, 1.82) is 0 Å². The van der Waals surface area contributed by atoms with Gasteiger partial charge in [0.1, 0.15) is 5.75 Å². The molecule has 1 heterocycles. The van der Waals surface area contributed by atoms with E-state index in [1.807, 2.05) is 0 Å². The maximum atomic E-state index is 12.3. The van der Waals surface area contributed by atoms with Crippen LogP contribution in [0.5, 0.6) is 5.75 Å². The van der Waals surface area contributed by atoms with Gasteiger partial charge in [0.2, 0.25) is 5.91 Å². The number of nitrogens with one attached hydrogen (secondary N) is 2. The fraction of sp³-hybridized carbons (Fsp3) is 0.562. The van der Waals surface area contributed by atoms with E-state index in [1.54, 1.807) is 25.3 Å². The van der Waals surface area contributed by atoms with Crippen LogP contribution in [0.15, 0.2) is 18.2 Å². The zero-order valence-electron chi connectivity index (χ0n) is 13.6. The van der Waals surface area contributed by atoms with E-state index in [1.165, 1.54) is 0 Å². The van der Waals surface area contributed by atoms with Crippen LogP contribution in [-0.2, 0) is 4.79 Å². The Bertz CT molecular complexity index is 508. The Hall–Kier alpha value is -1.01. The van der Waals surface area contributed by atoms with Gasteiger partial charge in [0.25, 0.3) is 0 Å². The largest absolute Gasteiger partial charge is 0.495 e. The van der Waals surface area contributed by atoms with E-state index in [0.717, 1.165) is 32.5 Å². The van der Waals surface area contributed by atoms with Gasteiger partial charge in [-0.15, -0.1) is 12.4 Å². The highest BCUT2D eigenvalue weighted by Gasteiger charge is 2.23. The molecule has 1 amide bonds. The summed E-state index contributed by atoms with van der Waals surface area (Å²) >= 11 is 6.08. The first-order valence-electron chi connectivity index (χ1n) is 7.72. The number of hydrogen-bond acceptors (Lipinski definition) is 4. The number of halogens is 2. The first kappa shape index (κ1) is 20.0. The van der Waals surface area contributed by atoms with Gasteiger partial charge in [0, 0.05) is 18.3 Å². The molecule has 1 unspecified atom stereocenters. The molecule has 0 aromatic heterocycles. The monoisotopic (exact) mass is 361 g/mol. The molecule has 1 aromatic rings. The average Bonchev–Trinajstić information content (AvgIpc) is 3.01. The molecule has 0 aliphatic carbocycles. The third-order valence-corrected chi connectivity index (χ3v) is 4.14. The Morgan fingerprint density at radius 2 is 2.30 bits per heavy atom. The Morgan fingerprint density at radius 1 is 1.52 bits per heavy atom. The minimum absolute atomic E-state index is 0. The SMILES string of the molecule is CCCN(CC(=O)Nc1ccc(OC)c(Cl)c1)C1CCNC1.Cl. The summed E-state index contributed by atoms with van der Waals surface area (Å²) in [5, 5.41) is 6.75. The molecule has 1 saturated heterocycles. The van der Waals surface area contributed by atoms with Crippen molar-refractivity contribution in [2.24, 2.45) is 0 Å². The summed E-state index contributed by atoms with van der Waals surface area (Å²) in [6.07, 6.45) is 2.14. The zero-order chi connectivity index (χ0) is 15.9. The predicted octanol–water partition coefficient (Wildman–Crippen LogP) is 2.78. The van der Waals surface area contributed by atoms with Crippen molar-refractivity contribution >= 4 is 35.6 Å². The number of benzene rings is 1. The Kier molecular flexibility index (Phi) is 8.69. The zero-order valence-corrected chi connectivity index (χ0v) is 15.2. The Balaban J connectivity index is 0.00000264. The molecular weight excluding hydrogens is 337 g/mol. The van der Waals surface area contributed by atoms with Crippen LogP contribution in [0.4, 0.5) is 5.69 Å². The second-order valence-corrected chi connectivity index (χ2v) is 5.92. The molecule has 0 radical (unpaired) electrons. The highest BCUT2D eigenvalue weighted by Crippen LogP contribution is 2.27. The van der Waals surface area contributed by atoms with Crippen molar-refractivity contribution < 1.29 is 9.53 Å². The minimum atomic E-state index is -0.0124. The summed E-state index contributed by atoms with van der Waals surface area (Å²) < 4.78 is 5.11. The molecule has 7 heteroatoms. The molecule has 130 valence electrons. The van der Waals surface area contributed by atoms with E-state index >= 15 is 0 Å². The third kappa shape index (κ3) is 5.84. The number of hydrogen-bond donors (Lipinski definition) is 2. The molecule has 0 spiro atoms. The van der Waals surface area contributed by atoms with Gasteiger partial charge in [-0.25, -0.2) is 0 Å². The van der Waals surface area contributed by atoms with Crippen LogP contribution in [0.25, 0.3) is 0 Å². The molecule has 0 saturated carbocycles. The van der Waals surface area contributed by atoms with Gasteiger partial charge in [-0.3, -0.25) is 9.69 Å². The molecule has 2 rings (SSSR count). The van der Waals surface area contributed by atoms with Crippen molar-refractivity contribution in [3.8, 4) is 5.75 Å². The fourth-order valence-corrected chi connectivity index (χ4v) is 3.02.